The van der Waals surface area contributed by atoms with E-state index in [0.717, 1.165) is 50.4 Å². The molecule has 0 unspecified atom stereocenters. The molecule has 0 saturated heterocycles. The summed E-state index contributed by atoms with van der Waals surface area (Å²) in [7, 11) is 0. The van der Waals surface area contributed by atoms with Crippen molar-refractivity contribution in [2.45, 2.75) is 20.5 Å². The van der Waals surface area contributed by atoms with E-state index in [0.29, 0.717) is 12.5 Å². The molecule has 162 valence electrons. The van der Waals surface area contributed by atoms with Crippen molar-refractivity contribution in [1.82, 2.24) is 4.98 Å². The summed E-state index contributed by atoms with van der Waals surface area (Å²) in [6, 6.07) is 30.1. The van der Waals surface area contributed by atoms with Crippen molar-refractivity contribution in [3.8, 4) is 17.2 Å². The zero-order valence-corrected chi connectivity index (χ0v) is 18.7. The highest BCUT2D eigenvalue weighted by Gasteiger charge is 2.12. The fraction of sp³-hybridized carbons (Fsp3) is 0.103. The highest BCUT2D eigenvalue weighted by atomic mass is 16.5. The summed E-state index contributed by atoms with van der Waals surface area (Å²) < 4.78 is 11.9. The molecule has 5 aromatic rings. The number of aryl methyl sites for hydroxylation is 1. The standard InChI is InChI=1S/C29H24N2O2/c1-20-11-16-28-27(17-20)31-29(33-28)25-9-6-10-26(21(25)2)30-18-22-12-14-24(15-13-22)32-19-23-7-4-3-5-8-23/h3-18H,19H2,1-2H3. The largest absolute Gasteiger partial charge is 0.489 e. The molecular formula is C29H24N2O2. The van der Waals surface area contributed by atoms with Crippen molar-refractivity contribution in [2.75, 3.05) is 0 Å². The van der Waals surface area contributed by atoms with E-state index in [1.165, 1.54) is 0 Å². The van der Waals surface area contributed by atoms with Crippen LogP contribution in [0.25, 0.3) is 22.6 Å². The van der Waals surface area contributed by atoms with Crippen LogP contribution in [0, 0.1) is 13.8 Å². The van der Waals surface area contributed by atoms with E-state index in [9.17, 15) is 0 Å². The van der Waals surface area contributed by atoms with Gasteiger partial charge in [0.1, 0.15) is 17.9 Å². The fourth-order valence-electron chi connectivity index (χ4n) is 3.68. The number of oxazole rings is 1. The maximum Gasteiger partial charge on any atom is 0.227 e. The number of ether oxygens (including phenoxy) is 1. The number of benzene rings is 4. The molecule has 4 nitrogen and oxygen atoms in total. The molecule has 0 saturated carbocycles. The summed E-state index contributed by atoms with van der Waals surface area (Å²) in [6.45, 7) is 4.65. The van der Waals surface area contributed by atoms with Gasteiger partial charge in [-0.1, -0.05) is 42.5 Å². The molecular weight excluding hydrogens is 408 g/mol. The summed E-state index contributed by atoms with van der Waals surface area (Å²) in [5, 5.41) is 0. The molecule has 0 spiro atoms. The molecule has 0 N–H and O–H groups in total. The van der Waals surface area contributed by atoms with Crippen LogP contribution in [0.15, 0.2) is 100 Å². The Morgan fingerprint density at radius 3 is 2.52 bits per heavy atom. The Morgan fingerprint density at radius 2 is 1.70 bits per heavy atom. The maximum absolute atomic E-state index is 6.00. The Hall–Kier alpha value is -4.18. The molecule has 0 atom stereocenters. The van der Waals surface area contributed by atoms with Crippen LogP contribution in [0.5, 0.6) is 5.75 Å². The third-order valence-electron chi connectivity index (χ3n) is 5.56. The number of aromatic nitrogens is 1. The van der Waals surface area contributed by atoms with Gasteiger partial charge in [-0.15, -0.1) is 0 Å². The van der Waals surface area contributed by atoms with Crippen LogP contribution in [0.3, 0.4) is 0 Å². The van der Waals surface area contributed by atoms with Crippen LogP contribution < -0.4 is 4.74 Å². The lowest BCUT2D eigenvalue weighted by molar-refractivity contribution is 0.306. The fourth-order valence-corrected chi connectivity index (χ4v) is 3.68. The van der Waals surface area contributed by atoms with Crippen LogP contribution in [0.4, 0.5) is 5.69 Å². The van der Waals surface area contributed by atoms with E-state index >= 15 is 0 Å². The van der Waals surface area contributed by atoms with Crippen molar-refractivity contribution in [3.05, 3.63) is 113 Å². The minimum Gasteiger partial charge on any atom is -0.489 e. The Bertz CT molecular complexity index is 1420. The van der Waals surface area contributed by atoms with Crippen LogP contribution in [0.2, 0.25) is 0 Å². The average molecular weight is 433 g/mol. The van der Waals surface area contributed by atoms with Crippen molar-refractivity contribution < 1.29 is 9.15 Å². The first-order chi connectivity index (χ1) is 16.2. The van der Waals surface area contributed by atoms with Crippen molar-refractivity contribution in [3.63, 3.8) is 0 Å². The summed E-state index contributed by atoms with van der Waals surface area (Å²) >= 11 is 0. The molecule has 1 heterocycles. The third-order valence-corrected chi connectivity index (χ3v) is 5.56. The molecule has 0 radical (unpaired) electrons. The second-order valence-corrected chi connectivity index (χ2v) is 8.04. The first kappa shape index (κ1) is 20.7. The Labute approximate surface area is 193 Å². The highest BCUT2D eigenvalue weighted by Crippen LogP contribution is 2.32. The van der Waals surface area contributed by atoms with Crippen LogP contribution in [0.1, 0.15) is 22.3 Å². The lowest BCUT2D eigenvalue weighted by Gasteiger charge is -2.07. The van der Waals surface area contributed by atoms with Gasteiger partial charge in [0.05, 0.1) is 5.69 Å². The quantitative estimate of drug-likeness (QED) is 0.262. The molecule has 0 aliphatic heterocycles. The van der Waals surface area contributed by atoms with Gasteiger partial charge in [-0.3, -0.25) is 4.99 Å². The first-order valence-electron chi connectivity index (χ1n) is 10.9. The van der Waals surface area contributed by atoms with Gasteiger partial charge < -0.3 is 9.15 Å². The van der Waals surface area contributed by atoms with Crippen LogP contribution in [-0.4, -0.2) is 11.2 Å². The van der Waals surface area contributed by atoms with Gasteiger partial charge >= 0.3 is 0 Å². The van der Waals surface area contributed by atoms with E-state index < -0.39 is 0 Å². The Kier molecular flexibility index (Phi) is 5.73. The van der Waals surface area contributed by atoms with Gasteiger partial charge in [0.15, 0.2) is 5.58 Å². The van der Waals surface area contributed by atoms with Gasteiger partial charge in [-0.05, 0) is 84.6 Å². The van der Waals surface area contributed by atoms with Gasteiger partial charge in [0.25, 0.3) is 0 Å². The van der Waals surface area contributed by atoms with Crippen molar-refractivity contribution in [1.29, 1.82) is 0 Å². The predicted molar refractivity (Wildman–Crippen MR) is 133 cm³/mol. The monoisotopic (exact) mass is 432 g/mol. The summed E-state index contributed by atoms with van der Waals surface area (Å²) in [4.78, 5) is 9.40. The SMILES string of the molecule is Cc1ccc2oc(-c3cccc(N=Cc4ccc(OCc5ccccc5)cc4)c3C)nc2c1. The zero-order valence-electron chi connectivity index (χ0n) is 18.7. The highest BCUT2D eigenvalue weighted by molar-refractivity contribution is 5.84. The molecule has 5 rings (SSSR count). The first-order valence-corrected chi connectivity index (χ1v) is 10.9. The molecule has 4 aromatic carbocycles. The van der Waals surface area contributed by atoms with Crippen molar-refractivity contribution in [2.24, 2.45) is 4.99 Å². The Morgan fingerprint density at radius 1 is 0.879 bits per heavy atom. The summed E-state index contributed by atoms with van der Waals surface area (Å²) in [6.07, 6.45) is 1.86. The van der Waals surface area contributed by atoms with Crippen molar-refractivity contribution >= 4 is 23.0 Å². The lowest BCUT2D eigenvalue weighted by Crippen LogP contribution is -1.95. The number of hydrogen-bond acceptors (Lipinski definition) is 4. The molecule has 0 fully saturated rings. The molecule has 33 heavy (non-hydrogen) atoms. The predicted octanol–water partition coefficient (Wildman–Crippen LogP) is 7.44. The second kappa shape index (κ2) is 9.13. The molecule has 0 bridgehead atoms. The maximum atomic E-state index is 6.00. The number of nitrogens with zero attached hydrogens (tertiary/aromatic N) is 2. The van der Waals surface area contributed by atoms with Gasteiger partial charge in [0, 0.05) is 11.8 Å². The molecule has 1 aromatic heterocycles. The van der Waals surface area contributed by atoms with E-state index in [1.54, 1.807) is 0 Å². The average Bonchev–Trinajstić information content (AvgIpc) is 3.26. The minimum atomic E-state index is 0.551. The normalized spacial score (nSPS) is 11.3. The van der Waals surface area contributed by atoms with Gasteiger partial charge in [0.2, 0.25) is 5.89 Å². The molecule has 4 heteroatoms. The topological polar surface area (TPSA) is 47.6 Å². The third kappa shape index (κ3) is 4.70. The van der Waals surface area contributed by atoms with Gasteiger partial charge in [-0.25, -0.2) is 4.98 Å². The lowest BCUT2D eigenvalue weighted by atomic mass is 10.1. The molecule has 0 aliphatic carbocycles. The number of fused-ring (bicyclic) bond motifs is 1. The van der Waals surface area contributed by atoms with Gasteiger partial charge in [-0.2, -0.15) is 0 Å². The number of rotatable bonds is 6. The van der Waals surface area contributed by atoms with Crippen LogP contribution >= 0.6 is 0 Å². The smallest absolute Gasteiger partial charge is 0.227 e. The van der Waals surface area contributed by atoms with Crippen LogP contribution in [-0.2, 0) is 6.61 Å². The Balaban J connectivity index is 1.32. The molecule has 0 aliphatic rings. The second-order valence-electron chi connectivity index (χ2n) is 8.04. The molecule has 0 amide bonds. The van der Waals surface area contributed by atoms with E-state index in [-0.39, 0.29) is 0 Å². The summed E-state index contributed by atoms with van der Waals surface area (Å²) in [5.41, 5.74) is 7.83. The summed E-state index contributed by atoms with van der Waals surface area (Å²) in [5.74, 6) is 1.45. The van der Waals surface area contributed by atoms with E-state index in [2.05, 4.69) is 24.0 Å². The number of aliphatic imine (C=N–C) groups is 1. The minimum absolute atomic E-state index is 0.551. The van der Waals surface area contributed by atoms with E-state index in [4.69, 9.17) is 14.1 Å². The number of hydrogen-bond donors (Lipinski definition) is 0. The zero-order chi connectivity index (χ0) is 22.6. The van der Waals surface area contributed by atoms with E-state index in [1.807, 2.05) is 92.0 Å².